The van der Waals surface area contributed by atoms with Gasteiger partial charge in [0.2, 0.25) is 11.7 Å². The number of hydrogen-bond acceptors (Lipinski definition) is 5. The van der Waals surface area contributed by atoms with E-state index in [1.54, 1.807) is 6.26 Å². The Hall–Kier alpha value is -2.54. The van der Waals surface area contributed by atoms with Crippen LogP contribution < -0.4 is 5.32 Å². The third-order valence-electron chi connectivity index (χ3n) is 5.19. The number of benzene rings is 1. The highest BCUT2D eigenvalue weighted by atomic mass is 32.2. The third kappa shape index (κ3) is 5.29. The first-order valence-electron chi connectivity index (χ1n) is 10.2. The zero-order valence-electron chi connectivity index (χ0n) is 16.4. The van der Waals surface area contributed by atoms with Crippen LogP contribution in [-0.2, 0) is 11.3 Å². The van der Waals surface area contributed by atoms with Crippen LogP contribution in [0.25, 0.3) is 11.6 Å². The molecule has 0 spiro atoms. The van der Waals surface area contributed by atoms with Gasteiger partial charge in [-0.15, -0.1) is 10.2 Å². The van der Waals surface area contributed by atoms with E-state index in [1.807, 2.05) is 34.9 Å². The normalized spacial score (nSPS) is 15.2. The Bertz CT molecular complexity index is 900. The van der Waals surface area contributed by atoms with E-state index in [1.165, 1.54) is 37.4 Å². The van der Waals surface area contributed by atoms with Crippen LogP contribution in [0.1, 0.15) is 44.1 Å². The Morgan fingerprint density at radius 3 is 2.59 bits per heavy atom. The van der Waals surface area contributed by atoms with Crippen molar-refractivity contribution in [1.29, 1.82) is 0 Å². The van der Waals surface area contributed by atoms with Gasteiger partial charge in [0, 0.05) is 6.04 Å². The van der Waals surface area contributed by atoms with Crippen molar-refractivity contribution >= 4 is 17.7 Å². The molecule has 1 fully saturated rings. The Balaban J connectivity index is 1.45. The number of amides is 1. The summed E-state index contributed by atoms with van der Waals surface area (Å²) in [6.07, 6.45) is 8.76. The molecule has 2 aromatic heterocycles. The number of thioether (sulfide) groups is 1. The fourth-order valence-corrected chi connectivity index (χ4v) is 4.46. The van der Waals surface area contributed by atoms with Gasteiger partial charge in [-0.1, -0.05) is 67.8 Å². The summed E-state index contributed by atoms with van der Waals surface area (Å²) < 4.78 is 7.55. The molecule has 1 N–H and O–H groups in total. The van der Waals surface area contributed by atoms with Crippen LogP contribution in [0.15, 0.2) is 58.3 Å². The summed E-state index contributed by atoms with van der Waals surface area (Å²) in [6.45, 7) is 0.621. The molecule has 29 heavy (non-hydrogen) atoms. The number of rotatable bonds is 7. The van der Waals surface area contributed by atoms with Crippen molar-refractivity contribution in [2.75, 3.05) is 5.75 Å². The van der Waals surface area contributed by atoms with E-state index in [4.69, 9.17) is 4.42 Å². The van der Waals surface area contributed by atoms with Gasteiger partial charge in [-0.05, 0) is 30.5 Å². The first kappa shape index (κ1) is 19.8. The molecule has 7 heteroatoms. The fraction of sp³-hybridized carbons (Fsp3) is 0.409. The van der Waals surface area contributed by atoms with Crippen LogP contribution in [0.4, 0.5) is 0 Å². The van der Waals surface area contributed by atoms with Gasteiger partial charge in [0.05, 0.1) is 18.6 Å². The van der Waals surface area contributed by atoms with Crippen molar-refractivity contribution in [2.45, 2.75) is 56.3 Å². The third-order valence-corrected chi connectivity index (χ3v) is 6.16. The van der Waals surface area contributed by atoms with E-state index in [0.29, 0.717) is 29.9 Å². The molecular formula is C22H26N4O2S. The number of carbonyl (C=O) groups excluding carboxylic acids is 1. The van der Waals surface area contributed by atoms with Gasteiger partial charge in [0.15, 0.2) is 10.9 Å². The average molecular weight is 411 g/mol. The quantitative estimate of drug-likeness (QED) is 0.458. The number of carbonyl (C=O) groups is 1. The largest absolute Gasteiger partial charge is 0.461 e. The first-order chi connectivity index (χ1) is 14.3. The first-order valence-corrected chi connectivity index (χ1v) is 11.2. The Labute approximate surface area is 175 Å². The zero-order chi connectivity index (χ0) is 19.9. The van der Waals surface area contributed by atoms with Crippen molar-refractivity contribution in [3.63, 3.8) is 0 Å². The maximum atomic E-state index is 12.5. The van der Waals surface area contributed by atoms with Crippen molar-refractivity contribution < 1.29 is 9.21 Å². The van der Waals surface area contributed by atoms with Crippen LogP contribution in [-0.4, -0.2) is 32.5 Å². The lowest BCUT2D eigenvalue weighted by Gasteiger charge is -2.16. The van der Waals surface area contributed by atoms with Crippen LogP contribution in [0.3, 0.4) is 0 Å². The summed E-state index contributed by atoms with van der Waals surface area (Å²) >= 11 is 1.42. The summed E-state index contributed by atoms with van der Waals surface area (Å²) in [5, 5.41) is 12.6. The molecule has 0 bridgehead atoms. The second-order valence-electron chi connectivity index (χ2n) is 7.40. The van der Waals surface area contributed by atoms with Gasteiger partial charge in [0.25, 0.3) is 0 Å². The van der Waals surface area contributed by atoms with Crippen LogP contribution in [0.5, 0.6) is 0 Å². The highest BCUT2D eigenvalue weighted by Crippen LogP contribution is 2.25. The number of nitrogens with one attached hydrogen (secondary N) is 1. The molecular weight excluding hydrogens is 384 g/mol. The maximum Gasteiger partial charge on any atom is 0.230 e. The number of furan rings is 1. The standard InChI is InChI=1S/C22H26N4O2S/c27-20(23-18-11-6-1-2-7-12-18)16-29-22-25-24-21(19-13-8-14-28-19)26(22)15-17-9-4-3-5-10-17/h3-5,8-10,13-14,18H,1-2,6-7,11-12,15-16H2,(H,23,27). The minimum Gasteiger partial charge on any atom is -0.461 e. The second-order valence-corrected chi connectivity index (χ2v) is 8.34. The number of nitrogens with zero attached hydrogens (tertiary/aromatic N) is 3. The molecule has 1 amide bonds. The Morgan fingerprint density at radius 1 is 1.07 bits per heavy atom. The summed E-state index contributed by atoms with van der Waals surface area (Å²) in [7, 11) is 0. The summed E-state index contributed by atoms with van der Waals surface area (Å²) in [5.41, 5.74) is 1.14. The monoisotopic (exact) mass is 410 g/mol. The van der Waals surface area contributed by atoms with Gasteiger partial charge in [0.1, 0.15) is 0 Å². The predicted octanol–water partition coefficient (Wildman–Crippen LogP) is 4.52. The van der Waals surface area contributed by atoms with Gasteiger partial charge in [-0.2, -0.15) is 0 Å². The van der Waals surface area contributed by atoms with E-state index in [0.717, 1.165) is 23.6 Å². The van der Waals surface area contributed by atoms with Crippen LogP contribution >= 0.6 is 11.8 Å². The van der Waals surface area contributed by atoms with Crippen molar-refractivity contribution in [3.8, 4) is 11.6 Å². The molecule has 6 nitrogen and oxygen atoms in total. The van der Waals surface area contributed by atoms with E-state index in [2.05, 4.69) is 27.6 Å². The van der Waals surface area contributed by atoms with E-state index in [-0.39, 0.29) is 5.91 Å². The molecule has 3 aromatic rings. The summed E-state index contributed by atoms with van der Waals surface area (Å²) in [4.78, 5) is 12.5. The molecule has 0 saturated heterocycles. The average Bonchev–Trinajstić information content (AvgIpc) is 3.32. The highest BCUT2D eigenvalue weighted by Gasteiger charge is 2.19. The molecule has 0 unspecified atom stereocenters. The number of aromatic nitrogens is 3. The van der Waals surface area contributed by atoms with Gasteiger partial charge in [-0.25, -0.2) is 0 Å². The highest BCUT2D eigenvalue weighted by molar-refractivity contribution is 7.99. The maximum absolute atomic E-state index is 12.5. The zero-order valence-corrected chi connectivity index (χ0v) is 17.2. The van der Waals surface area contributed by atoms with E-state index < -0.39 is 0 Å². The molecule has 1 aliphatic rings. The SMILES string of the molecule is O=C(CSc1nnc(-c2ccco2)n1Cc1ccccc1)NC1CCCCCC1. The van der Waals surface area contributed by atoms with Gasteiger partial charge >= 0.3 is 0 Å². The lowest BCUT2D eigenvalue weighted by Crippen LogP contribution is -2.35. The van der Waals surface area contributed by atoms with E-state index in [9.17, 15) is 4.79 Å². The second kappa shape index (κ2) is 9.78. The lowest BCUT2D eigenvalue weighted by molar-refractivity contribution is -0.119. The molecule has 152 valence electrons. The van der Waals surface area contributed by atoms with E-state index >= 15 is 0 Å². The molecule has 1 aromatic carbocycles. The van der Waals surface area contributed by atoms with Crippen LogP contribution in [0, 0.1) is 0 Å². The minimum atomic E-state index is 0.0655. The minimum absolute atomic E-state index is 0.0655. The molecule has 0 radical (unpaired) electrons. The Morgan fingerprint density at radius 2 is 1.86 bits per heavy atom. The van der Waals surface area contributed by atoms with Crippen molar-refractivity contribution in [1.82, 2.24) is 20.1 Å². The Kier molecular flexibility index (Phi) is 6.67. The molecule has 1 saturated carbocycles. The number of hydrogen-bond donors (Lipinski definition) is 1. The van der Waals surface area contributed by atoms with Gasteiger partial charge in [-0.3, -0.25) is 9.36 Å². The fourth-order valence-electron chi connectivity index (χ4n) is 3.72. The molecule has 2 heterocycles. The van der Waals surface area contributed by atoms with Crippen molar-refractivity contribution in [3.05, 3.63) is 54.3 Å². The summed E-state index contributed by atoms with van der Waals surface area (Å²) in [5.74, 6) is 1.74. The smallest absolute Gasteiger partial charge is 0.230 e. The molecule has 4 rings (SSSR count). The molecule has 0 atom stereocenters. The predicted molar refractivity (Wildman–Crippen MR) is 114 cm³/mol. The molecule has 0 aliphatic heterocycles. The van der Waals surface area contributed by atoms with Crippen molar-refractivity contribution in [2.24, 2.45) is 0 Å². The van der Waals surface area contributed by atoms with Crippen LogP contribution in [0.2, 0.25) is 0 Å². The topological polar surface area (TPSA) is 73.0 Å². The summed E-state index contributed by atoms with van der Waals surface area (Å²) in [6, 6.07) is 14.2. The van der Waals surface area contributed by atoms with Gasteiger partial charge < -0.3 is 9.73 Å². The molecule has 1 aliphatic carbocycles. The lowest BCUT2D eigenvalue weighted by atomic mass is 10.1.